The lowest BCUT2D eigenvalue weighted by Gasteiger charge is -2.34. The van der Waals surface area contributed by atoms with E-state index in [4.69, 9.17) is 9.47 Å². The van der Waals surface area contributed by atoms with Gasteiger partial charge < -0.3 is 19.3 Å². The number of benzene rings is 2. The highest BCUT2D eigenvalue weighted by Gasteiger charge is 2.24. The molecule has 1 saturated heterocycles. The van der Waals surface area contributed by atoms with E-state index < -0.39 is 0 Å². The average molecular weight is 368 g/mol. The minimum absolute atomic E-state index is 0.0167. The lowest BCUT2D eigenvalue weighted by Crippen LogP contribution is -2.51. The predicted octanol–water partition coefficient (Wildman–Crippen LogP) is 2.21. The molecule has 142 valence electrons. The van der Waals surface area contributed by atoms with E-state index in [1.54, 1.807) is 9.80 Å². The molecule has 3 rings (SSSR count). The summed E-state index contributed by atoms with van der Waals surface area (Å²) in [6, 6.07) is 18.7. The Morgan fingerprint density at radius 2 is 1.19 bits per heavy atom. The van der Waals surface area contributed by atoms with Gasteiger partial charge in [-0.05, 0) is 24.3 Å². The van der Waals surface area contributed by atoms with Gasteiger partial charge in [0.2, 0.25) is 5.91 Å². The fraction of sp³-hybridized carbons (Fsp3) is 0.333. The summed E-state index contributed by atoms with van der Waals surface area (Å²) in [5.74, 6) is 1.44. The average Bonchev–Trinajstić information content (AvgIpc) is 2.73. The van der Waals surface area contributed by atoms with Crippen LogP contribution in [0.15, 0.2) is 60.7 Å². The molecule has 6 nitrogen and oxygen atoms in total. The van der Waals surface area contributed by atoms with Gasteiger partial charge in [0.25, 0.3) is 5.91 Å². The van der Waals surface area contributed by atoms with Gasteiger partial charge in [-0.3, -0.25) is 9.59 Å². The van der Waals surface area contributed by atoms with E-state index in [2.05, 4.69) is 0 Å². The van der Waals surface area contributed by atoms with Gasteiger partial charge in [0.1, 0.15) is 11.5 Å². The quantitative estimate of drug-likeness (QED) is 0.752. The van der Waals surface area contributed by atoms with Gasteiger partial charge in [-0.1, -0.05) is 36.4 Å². The van der Waals surface area contributed by atoms with Crippen LogP contribution in [-0.4, -0.2) is 61.0 Å². The van der Waals surface area contributed by atoms with Crippen LogP contribution >= 0.6 is 0 Å². The number of hydrogen-bond donors (Lipinski definition) is 0. The highest BCUT2D eigenvalue weighted by Crippen LogP contribution is 2.11. The summed E-state index contributed by atoms with van der Waals surface area (Å²) in [6.07, 6.45) is 0.333. The van der Waals surface area contributed by atoms with Crippen molar-refractivity contribution in [1.82, 2.24) is 9.80 Å². The van der Waals surface area contributed by atoms with E-state index in [0.29, 0.717) is 45.0 Å². The minimum Gasteiger partial charge on any atom is -0.493 e. The number of carbonyl (C=O) groups excluding carboxylic acids is 2. The maximum Gasteiger partial charge on any atom is 0.260 e. The summed E-state index contributed by atoms with van der Waals surface area (Å²) >= 11 is 0. The Morgan fingerprint density at radius 1 is 0.704 bits per heavy atom. The zero-order valence-electron chi connectivity index (χ0n) is 15.3. The molecule has 0 saturated carbocycles. The summed E-state index contributed by atoms with van der Waals surface area (Å²) in [6.45, 7) is 2.52. The van der Waals surface area contributed by atoms with Gasteiger partial charge in [0.15, 0.2) is 6.61 Å². The first-order valence-electron chi connectivity index (χ1n) is 9.13. The Labute approximate surface area is 159 Å². The fourth-order valence-corrected chi connectivity index (χ4v) is 2.89. The zero-order chi connectivity index (χ0) is 18.9. The Kier molecular flexibility index (Phi) is 6.68. The van der Waals surface area contributed by atoms with Crippen molar-refractivity contribution in [2.45, 2.75) is 6.42 Å². The van der Waals surface area contributed by atoms with Crippen LogP contribution in [0.25, 0.3) is 0 Å². The summed E-state index contributed by atoms with van der Waals surface area (Å²) < 4.78 is 11.1. The van der Waals surface area contributed by atoms with Crippen LogP contribution in [0.1, 0.15) is 6.42 Å². The first-order valence-corrected chi connectivity index (χ1v) is 9.13. The third-order valence-corrected chi connectivity index (χ3v) is 4.42. The smallest absolute Gasteiger partial charge is 0.260 e. The molecule has 6 heteroatoms. The monoisotopic (exact) mass is 368 g/mol. The second-order valence-corrected chi connectivity index (χ2v) is 6.27. The molecule has 0 radical (unpaired) electrons. The minimum atomic E-state index is -0.0571. The molecular weight excluding hydrogens is 344 g/mol. The number of nitrogens with zero attached hydrogens (tertiary/aromatic N) is 2. The van der Waals surface area contributed by atoms with Crippen LogP contribution in [0.5, 0.6) is 11.5 Å². The molecule has 0 aliphatic carbocycles. The van der Waals surface area contributed by atoms with Gasteiger partial charge in [0, 0.05) is 26.2 Å². The molecule has 2 aromatic carbocycles. The largest absolute Gasteiger partial charge is 0.493 e. The number of para-hydroxylation sites is 2. The van der Waals surface area contributed by atoms with E-state index >= 15 is 0 Å². The molecule has 2 aromatic rings. The van der Waals surface area contributed by atoms with Crippen LogP contribution in [0.3, 0.4) is 0 Å². The zero-order valence-corrected chi connectivity index (χ0v) is 15.3. The molecular formula is C21H24N2O4. The number of piperazine rings is 1. The molecule has 2 amide bonds. The second kappa shape index (κ2) is 9.62. The maximum atomic E-state index is 12.3. The van der Waals surface area contributed by atoms with E-state index in [1.807, 2.05) is 60.7 Å². The molecule has 0 spiro atoms. The molecule has 1 aliphatic heterocycles. The third-order valence-electron chi connectivity index (χ3n) is 4.42. The topological polar surface area (TPSA) is 59.1 Å². The van der Waals surface area contributed by atoms with Crippen LogP contribution in [0.2, 0.25) is 0 Å². The Hall–Kier alpha value is -3.02. The number of amides is 2. The van der Waals surface area contributed by atoms with E-state index in [0.717, 1.165) is 5.75 Å². The molecule has 1 aliphatic rings. The lowest BCUT2D eigenvalue weighted by atomic mass is 10.2. The fourth-order valence-electron chi connectivity index (χ4n) is 2.89. The Bertz CT molecular complexity index is 728. The van der Waals surface area contributed by atoms with Gasteiger partial charge in [0.05, 0.1) is 13.0 Å². The molecule has 0 unspecified atom stereocenters. The van der Waals surface area contributed by atoms with Crippen LogP contribution < -0.4 is 9.47 Å². The number of ether oxygens (including phenoxy) is 2. The van der Waals surface area contributed by atoms with Gasteiger partial charge in [-0.2, -0.15) is 0 Å². The molecule has 0 aromatic heterocycles. The van der Waals surface area contributed by atoms with Gasteiger partial charge in [-0.15, -0.1) is 0 Å². The van der Waals surface area contributed by atoms with Gasteiger partial charge in [-0.25, -0.2) is 0 Å². The number of hydrogen-bond acceptors (Lipinski definition) is 4. The number of carbonyl (C=O) groups is 2. The number of rotatable bonds is 7. The van der Waals surface area contributed by atoms with E-state index in [9.17, 15) is 9.59 Å². The normalized spacial score (nSPS) is 13.9. The summed E-state index contributed by atoms with van der Waals surface area (Å²) in [5.41, 5.74) is 0. The van der Waals surface area contributed by atoms with Crippen molar-refractivity contribution in [1.29, 1.82) is 0 Å². The Morgan fingerprint density at radius 3 is 1.74 bits per heavy atom. The first kappa shape index (κ1) is 18.8. The maximum absolute atomic E-state index is 12.3. The molecule has 0 bridgehead atoms. The molecule has 1 heterocycles. The predicted molar refractivity (Wildman–Crippen MR) is 102 cm³/mol. The van der Waals surface area contributed by atoms with Crippen molar-refractivity contribution in [2.75, 3.05) is 39.4 Å². The highest BCUT2D eigenvalue weighted by molar-refractivity contribution is 5.79. The molecule has 1 fully saturated rings. The van der Waals surface area contributed by atoms with Crippen LogP contribution in [0.4, 0.5) is 0 Å². The summed E-state index contributed by atoms with van der Waals surface area (Å²) in [7, 11) is 0. The van der Waals surface area contributed by atoms with E-state index in [1.165, 1.54) is 0 Å². The van der Waals surface area contributed by atoms with Crippen LogP contribution in [-0.2, 0) is 9.59 Å². The van der Waals surface area contributed by atoms with Gasteiger partial charge >= 0.3 is 0 Å². The second-order valence-electron chi connectivity index (χ2n) is 6.27. The van der Waals surface area contributed by atoms with Crippen LogP contribution in [0, 0.1) is 0 Å². The third kappa shape index (κ3) is 5.74. The molecule has 0 atom stereocenters. The van der Waals surface area contributed by atoms with Crippen molar-refractivity contribution < 1.29 is 19.1 Å². The molecule has 0 N–H and O–H groups in total. The van der Waals surface area contributed by atoms with Crippen molar-refractivity contribution in [3.8, 4) is 11.5 Å². The lowest BCUT2D eigenvalue weighted by molar-refractivity contribution is -0.141. The van der Waals surface area contributed by atoms with Crippen molar-refractivity contribution in [3.63, 3.8) is 0 Å². The highest BCUT2D eigenvalue weighted by atomic mass is 16.5. The Balaban J connectivity index is 1.35. The first-order chi connectivity index (χ1) is 13.2. The van der Waals surface area contributed by atoms with Crippen molar-refractivity contribution >= 4 is 11.8 Å². The SMILES string of the molecule is O=C(CCOc1ccccc1)N1CCN(C(=O)COc2ccccc2)CC1. The van der Waals surface area contributed by atoms with E-state index in [-0.39, 0.29) is 18.4 Å². The van der Waals surface area contributed by atoms with Crippen molar-refractivity contribution in [2.24, 2.45) is 0 Å². The summed E-state index contributed by atoms with van der Waals surface area (Å²) in [5, 5.41) is 0. The standard InChI is InChI=1S/C21H24N2O4/c24-20(11-16-26-18-7-3-1-4-8-18)22-12-14-23(15-13-22)21(25)17-27-19-9-5-2-6-10-19/h1-10H,11-17H2. The summed E-state index contributed by atoms with van der Waals surface area (Å²) in [4.78, 5) is 28.1. The van der Waals surface area contributed by atoms with Crippen molar-refractivity contribution in [3.05, 3.63) is 60.7 Å². The molecule has 27 heavy (non-hydrogen) atoms.